The predicted molar refractivity (Wildman–Crippen MR) is 131 cm³/mol. The number of carbonyl (C=O) groups excluding carboxylic acids is 1. The van der Waals surface area contributed by atoms with Crippen molar-refractivity contribution in [1.82, 2.24) is 0 Å². The highest BCUT2D eigenvalue weighted by molar-refractivity contribution is 7.80. The van der Waals surface area contributed by atoms with Crippen molar-refractivity contribution >= 4 is 30.1 Å². The van der Waals surface area contributed by atoms with Gasteiger partial charge in [0.25, 0.3) is 5.91 Å². The lowest BCUT2D eigenvalue weighted by Crippen LogP contribution is -2.13. The smallest absolute Gasteiger partial charge is 0.255 e. The Bertz CT molecular complexity index is 1340. The average Bonchev–Trinajstić information content (AvgIpc) is 2.81. The standard InChI is InChI=1S/C26H20FN3O2S/c27-19-12-13-23(32-20-5-3-4-18(14-20)25(28)29)22(15-19)30-26(31)17-10-8-16(9-11-17)21-6-1-2-7-24(21)33/h1-15,33H,(H3,28,29)(H,30,31). The Morgan fingerprint density at radius 2 is 1.67 bits per heavy atom. The molecule has 164 valence electrons. The number of anilines is 1. The number of rotatable bonds is 6. The average molecular weight is 458 g/mol. The number of hydrogen-bond donors (Lipinski definition) is 4. The molecule has 0 saturated heterocycles. The number of amides is 1. The van der Waals surface area contributed by atoms with Crippen LogP contribution >= 0.6 is 12.6 Å². The molecule has 0 fully saturated rings. The van der Waals surface area contributed by atoms with Gasteiger partial charge in [-0.3, -0.25) is 10.2 Å². The van der Waals surface area contributed by atoms with Gasteiger partial charge in [0.1, 0.15) is 17.4 Å². The van der Waals surface area contributed by atoms with Crippen LogP contribution < -0.4 is 15.8 Å². The van der Waals surface area contributed by atoms with Gasteiger partial charge in [-0.2, -0.15) is 0 Å². The lowest BCUT2D eigenvalue weighted by molar-refractivity contribution is 0.102. The van der Waals surface area contributed by atoms with Gasteiger partial charge in [0, 0.05) is 22.1 Å². The lowest BCUT2D eigenvalue weighted by atomic mass is 10.0. The predicted octanol–water partition coefficient (Wildman–Crippen LogP) is 6.11. The number of halogens is 1. The normalized spacial score (nSPS) is 10.5. The second-order valence-electron chi connectivity index (χ2n) is 7.23. The molecule has 4 aromatic rings. The van der Waals surface area contributed by atoms with Crippen LogP contribution in [0.15, 0.2) is 95.9 Å². The summed E-state index contributed by atoms with van der Waals surface area (Å²) in [5.74, 6) is -0.368. The molecule has 4 rings (SSSR count). The number of carbonyl (C=O) groups is 1. The van der Waals surface area contributed by atoms with Gasteiger partial charge in [-0.05, 0) is 53.6 Å². The molecule has 33 heavy (non-hydrogen) atoms. The van der Waals surface area contributed by atoms with E-state index in [1.165, 1.54) is 18.2 Å². The van der Waals surface area contributed by atoms with E-state index >= 15 is 0 Å². The van der Waals surface area contributed by atoms with Crippen LogP contribution in [0.2, 0.25) is 0 Å². The molecular formula is C26H20FN3O2S. The highest BCUT2D eigenvalue weighted by Crippen LogP contribution is 2.31. The molecule has 0 aliphatic carbocycles. The largest absolute Gasteiger partial charge is 0.455 e. The molecule has 0 aliphatic rings. The Kier molecular flexibility index (Phi) is 6.42. The van der Waals surface area contributed by atoms with E-state index < -0.39 is 11.7 Å². The fraction of sp³-hybridized carbons (Fsp3) is 0. The molecule has 0 aromatic heterocycles. The van der Waals surface area contributed by atoms with Crippen molar-refractivity contribution in [3.05, 3.63) is 108 Å². The van der Waals surface area contributed by atoms with E-state index in [-0.39, 0.29) is 17.3 Å². The van der Waals surface area contributed by atoms with Crippen LogP contribution in [0.5, 0.6) is 11.5 Å². The minimum absolute atomic E-state index is 0.0999. The van der Waals surface area contributed by atoms with Crippen molar-refractivity contribution in [2.75, 3.05) is 5.32 Å². The fourth-order valence-corrected chi connectivity index (χ4v) is 3.55. The van der Waals surface area contributed by atoms with Crippen LogP contribution in [-0.4, -0.2) is 11.7 Å². The first kappa shape index (κ1) is 22.1. The maximum atomic E-state index is 13.9. The number of nitrogens with two attached hydrogens (primary N) is 1. The number of nitrogens with one attached hydrogen (secondary N) is 2. The number of ether oxygens (including phenoxy) is 1. The molecule has 7 heteroatoms. The molecule has 0 atom stereocenters. The van der Waals surface area contributed by atoms with E-state index in [9.17, 15) is 9.18 Å². The van der Waals surface area contributed by atoms with Gasteiger partial charge in [0.2, 0.25) is 0 Å². The number of nitrogen functional groups attached to an aromatic ring is 1. The van der Waals surface area contributed by atoms with Gasteiger partial charge in [-0.25, -0.2) is 4.39 Å². The van der Waals surface area contributed by atoms with E-state index in [1.807, 2.05) is 36.4 Å². The Morgan fingerprint density at radius 1 is 0.909 bits per heavy atom. The maximum absolute atomic E-state index is 13.9. The van der Waals surface area contributed by atoms with Crippen molar-refractivity contribution in [1.29, 1.82) is 5.41 Å². The molecule has 4 aromatic carbocycles. The number of thiol groups is 1. The minimum Gasteiger partial charge on any atom is -0.455 e. The van der Waals surface area contributed by atoms with Crippen molar-refractivity contribution in [2.45, 2.75) is 4.90 Å². The molecule has 0 aliphatic heterocycles. The number of hydrogen-bond acceptors (Lipinski definition) is 4. The van der Waals surface area contributed by atoms with E-state index in [4.69, 9.17) is 15.9 Å². The quantitative estimate of drug-likeness (QED) is 0.160. The van der Waals surface area contributed by atoms with Gasteiger partial charge < -0.3 is 15.8 Å². The summed E-state index contributed by atoms with van der Waals surface area (Å²) >= 11 is 4.47. The zero-order valence-corrected chi connectivity index (χ0v) is 18.3. The summed E-state index contributed by atoms with van der Waals surface area (Å²) in [6, 6.07) is 25.2. The molecule has 0 bridgehead atoms. The van der Waals surface area contributed by atoms with Crippen LogP contribution in [0.4, 0.5) is 10.1 Å². The number of amidine groups is 1. The Labute approximate surface area is 196 Å². The van der Waals surface area contributed by atoms with Crippen LogP contribution in [-0.2, 0) is 0 Å². The molecule has 4 N–H and O–H groups in total. The molecule has 5 nitrogen and oxygen atoms in total. The first-order chi connectivity index (χ1) is 15.9. The minimum atomic E-state index is -0.518. The highest BCUT2D eigenvalue weighted by atomic mass is 32.1. The van der Waals surface area contributed by atoms with E-state index in [0.29, 0.717) is 16.9 Å². The first-order valence-corrected chi connectivity index (χ1v) is 10.5. The summed E-state index contributed by atoms with van der Waals surface area (Å²) < 4.78 is 19.8. The highest BCUT2D eigenvalue weighted by Gasteiger charge is 2.13. The summed E-state index contributed by atoms with van der Waals surface area (Å²) in [5, 5.41) is 10.3. The first-order valence-electron chi connectivity index (χ1n) is 10.0. The van der Waals surface area contributed by atoms with Crippen LogP contribution in [0, 0.1) is 11.2 Å². The third-order valence-corrected chi connectivity index (χ3v) is 5.31. The molecule has 0 saturated carbocycles. The molecule has 0 unspecified atom stereocenters. The summed E-state index contributed by atoms with van der Waals surface area (Å²) in [6.07, 6.45) is 0. The van der Waals surface area contributed by atoms with Crippen molar-refractivity contribution < 1.29 is 13.9 Å². The van der Waals surface area contributed by atoms with Crippen molar-refractivity contribution in [3.63, 3.8) is 0 Å². The van der Waals surface area contributed by atoms with Gasteiger partial charge in [-0.1, -0.05) is 42.5 Å². The Morgan fingerprint density at radius 3 is 2.39 bits per heavy atom. The van der Waals surface area contributed by atoms with E-state index in [0.717, 1.165) is 16.0 Å². The zero-order chi connectivity index (χ0) is 23.4. The third kappa shape index (κ3) is 5.22. The van der Waals surface area contributed by atoms with E-state index in [1.54, 1.807) is 36.4 Å². The van der Waals surface area contributed by atoms with Gasteiger partial charge in [-0.15, -0.1) is 12.6 Å². The second kappa shape index (κ2) is 9.58. The SMILES string of the molecule is N=C(N)c1cccc(Oc2ccc(F)cc2NC(=O)c2ccc(-c3ccccc3S)cc2)c1. The van der Waals surface area contributed by atoms with Gasteiger partial charge in [0.05, 0.1) is 5.69 Å². The topological polar surface area (TPSA) is 88.2 Å². The second-order valence-corrected chi connectivity index (χ2v) is 7.71. The summed E-state index contributed by atoms with van der Waals surface area (Å²) in [5.41, 5.74) is 8.49. The fourth-order valence-electron chi connectivity index (χ4n) is 3.26. The maximum Gasteiger partial charge on any atom is 0.255 e. The van der Waals surface area contributed by atoms with Gasteiger partial charge >= 0.3 is 0 Å². The van der Waals surface area contributed by atoms with Crippen molar-refractivity contribution in [2.24, 2.45) is 5.73 Å². The molecular weight excluding hydrogens is 437 g/mol. The third-order valence-electron chi connectivity index (χ3n) is 4.92. The summed E-state index contributed by atoms with van der Waals surface area (Å²) in [4.78, 5) is 13.7. The summed E-state index contributed by atoms with van der Waals surface area (Å²) in [7, 11) is 0. The lowest BCUT2D eigenvalue weighted by Gasteiger charge is -2.13. The van der Waals surface area contributed by atoms with Crippen molar-refractivity contribution in [3.8, 4) is 22.6 Å². The molecule has 0 spiro atoms. The summed E-state index contributed by atoms with van der Waals surface area (Å²) in [6.45, 7) is 0. The Balaban J connectivity index is 1.56. The molecule has 0 heterocycles. The molecule has 1 amide bonds. The monoisotopic (exact) mass is 457 g/mol. The van der Waals surface area contributed by atoms with Gasteiger partial charge in [0.15, 0.2) is 5.75 Å². The van der Waals surface area contributed by atoms with Crippen LogP contribution in [0.25, 0.3) is 11.1 Å². The molecule has 0 radical (unpaired) electrons. The number of benzene rings is 4. The van der Waals surface area contributed by atoms with E-state index in [2.05, 4.69) is 17.9 Å². The zero-order valence-electron chi connectivity index (χ0n) is 17.4. The van der Waals surface area contributed by atoms with Crippen LogP contribution in [0.1, 0.15) is 15.9 Å². The Hall–Kier alpha value is -4.10. The van der Waals surface area contributed by atoms with Crippen LogP contribution in [0.3, 0.4) is 0 Å².